The first-order valence-corrected chi connectivity index (χ1v) is 15.4. The summed E-state index contributed by atoms with van der Waals surface area (Å²) >= 11 is 0. The number of fused-ring (bicyclic) bond motifs is 1. The highest BCUT2D eigenvalue weighted by Gasteiger charge is 2.36. The van der Waals surface area contributed by atoms with Crippen LogP contribution in [0.5, 0.6) is 5.75 Å². The molecular formula is C31H32F4N8O6. The maximum Gasteiger partial charge on any atom is 0.419 e. The average Bonchev–Trinajstić information content (AvgIpc) is 3.71. The normalized spacial score (nSPS) is 17.0. The Morgan fingerprint density at radius 3 is 2.61 bits per heavy atom. The maximum atomic E-state index is 14.7. The fraction of sp³-hybridized carbons (Fsp3) is 0.419. The van der Waals surface area contributed by atoms with Gasteiger partial charge in [0.25, 0.3) is 11.5 Å². The summed E-state index contributed by atoms with van der Waals surface area (Å²) in [5.41, 5.74) is -1.33. The zero-order valence-corrected chi connectivity index (χ0v) is 26.7. The van der Waals surface area contributed by atoms with Gasteiger partial charge in [-0.1, -0.05) is 18.2 Å². The summed E-state index contributed by atoms with van der Waals surface area (Å²) < 4.78 is 67.1. The second-order valence-electron chi connectivity index (χ2n) is 11.7. The number of benzene rings is 1. The molecule has 0 aliphatic carbocycles. The molecule has 0 saturated carbocycles. The second-order valence-corrected chi connectivity index (χ2v) is 11.7. The summed E-state index contributed by atoms with van der Waals surface area (Å²) in [5.74, 6) is -2.81. The lowest BCUT2D eigenvalue weighted by Gasteiger charge is -2.41. The largest absolute Gasteiger partial charge is 0.503 e. The fourth-order valence-electron chi connectivity index (χ4n) is 6.15. The molecule has 0 radical (unpaired) electrons. The van der Waals surface area contributed by atoms with Crippen molar-refractivity contribution in [2.75, 3.05) is 43.1 Å². The Kier molecular flexibility index (Phi) is 8.91. The number of rotatable bonds is 7. The molecule has 5 heterocycles. The van der Waals surface area contributed by atoms with Crippen LogP contribution in [0, 0.1) is 12.7 Å². The number of alkyl halides is 3. The molecule has 6 rings (SSSR count). The van der Waals surface area contributed by atoms with Crippen molar-refractivity contribution in [1.82, 2.24) is 29.2 Å². The first kappa shape index (κ1) is 33.6. The van der Waals surface area contributed by atoms with E-state index in [1.165, 1.54) is 9.47 Å². The van der Waals surface area contributed by atoms with E-state index < -0.39 is 53.3 Å². The Morgan fingerprint density at radius 1 is 1.20 bits per heavy atom. The third-order valence-corrected chi connectivity index (χ3v) is 8.64. The van der Waals surface area contributed by atoms with Gasteiger partial charge in [-0.25, -0.2) is 4.39 Å². The Hall–Kier alpha value is -5.26. The van der Waals surface area contributed by atoms with Crippen LogP contribution < -0.4 is 15.8 Å². The summed E-state index contributed by atoms with van der Waals surface area (Å²) in [6, 6.07) is 1.10. The first-order valence-electron chi connectivity index (χ1n) is 15.4. The van der Waals surface area contributed by atoms with Crippen LogP contribution in [0.25, 0.3) is 11.4 Å². The van der Waals surface area contributed by atoms with Crippen LogP contribution >= 0.6 is 0 Å². The molecule has 260 valence electrons. The number of carbonyl (C=O) groups excluding carboxylic acids is 2. The van der Waals surface area contributed by atoms with E-state index in [9.17, 15) is 37.1 Å². The number of aromatic hydroxyl groups is 1. The molecule has 1 aromatic carbocycles. The van der Waals surface area contributed by atoms with Crippen molar-refractivity contribution in [3.05, 3.63) is 69.0 Å². The van der Waals surface area contributed by atoms with Crippen molar-refractivity contribution in [3.63, 3.8) is 0 Å². The van der Waals surface area contributed by atoms with Gasteiger partial charge >= 0.3 is 6.18 Å². The number of nitrogens with zero attached hydrogens (tertiary/aromatic N) is 7. The molecule has 0 unspecified atom stereocenters. The van der Waals surface area contributed by atoms with Gasteiger partial charge in [0.1, 0.15) is 18.0 Å². The molecule has 49 heavy (non-hydrogen) atoms. The SMILES string of the molecule is CCc1c(N2CCN(C(=O)c3nocc3O)[C@H](C)C2)c(=O)n2nc(C3=CCOCC3)nc2n1CC(=O)Nc1ccc(C(F)(F)F)c(F)c1C. The Bertz CT molecular complexity index is 2030. The lowest BCUT2D eigenvalue weighted by atomic mass is 10.1. The second kappa shape index (κ2) is 13.0. The van der Waals surface area contributed by atoms with Crippen molar-refractivity contribution in [3.8, 4) is 5.75 Å². The van der Waals surface area contributed by atoms with Gasteiger partial charge in [0, 0.05) is 36.9 Å². The van der Waals surface area contributed by atoms with Gasteiger partial charge in [-0.3, -0.25) is 14.4 Å². The van der Waals surface area contributed by atoms with Crippen molar-refractivity contribution in [2.45, 2.75) is 52.4 Å². The molecule has 3 aromatic heterocycles. The van der Waals surface area contributed by atoms with Gasteiger partial charge in [0.2, 0.25) is 17.4 Å². The van der Waals surface area contributed by atoms with Crippen LogP contribution in [0.2, 0.25) is 0 Å². The quantitative estimate of drug-likeness (QED) is 0.276. The highest BCUT2D eigenvalue weighted by molar-refractivity contribution is 5.95. The number of piperazine rings is 1. The Labute approximate surface area is 275 Å². The molecule has 0 spiro atoms. The number of ether oxygens (including phenoxy) is 1. The van der Waals surface area contributed by atoms with E-state index in [2.05, 4.69) is 20.6 Å². The topological polar surface area (TPSA) is 160 Å². The van der Waals surface area contributed by atoms with Crippen molar-refractivity contribution in [2.24, 2.45) is 0 Å². The lowest BCUT2D eigenvalue weighted by molar-refractivity contribution is -0.140. The molecule has 1 fully saturated rings. The molecule has 0 bridgehead atoms. The Balaban J connectivity index is 1.38. The number of anilines is 2. The third kappa shape index (κ3) is 6.23. The minimum absolute atomic E-state index is 0.0573. The maximum absolute atomic E-state index is 14.7. The molecule has 1 saturated heterocycles. The number of carbonyl (C=O) groups is 2. The number of amides is 2. The summed E-state index contributed by atoms with van der Waals surface area (Å²) in [5, 5.41) is 20.6. The summed E-state index contributed by atoms with van der Waals surface area (Å²) in [7, 11) is 0. The number of halogens is 4. The molecule has 14 nitrogen and oxygen atoms in total. The smallest absolute Gasteiger partial charge is 0.419 e. The summed E-state index contributed by atoms with van der Waals surface area (Å²) in [4.78, 5) is 48.7. The minimum Gasteiger partial charge on any atom is -0.503 e. The van der Waals surface area contributed by atoms with Gasteiger partial charge in [0.05, 0.1) is 24.5 Å². The molecule has 2 N–H and O–H groups in total. The zero-order chi connectivity index (χ0) is 35.2. The van der Waals surface area contributed by atoms with Crippen LogP contribution in [0.1, 0.15) is 53.4 Å². The van der Waals surface area contributed by atoms with Gasteiger partial charge in [-0.05, 0) is 44.4 Å². The molecule has 18 heteroatoms. The zero-order valence-electron chi connectivity index (χ0n) is 26.7. The highest BCUT2D eigenvalue weighted by Crippen LogP contribution is 2.35. The predicted molar refractivity (Wildman–Crippen MR) is 166 cm³/mol. The van der Waals surface area contributed by atoms with Crippen molar-refractivity contribution < 1.29 is 41.5 Å². The van der Waals surface area contributed by atoms with Crippen LogP contribution in [0.15, 0.2) is 33.8 Å². The van der Waals surface area contributed by atoms with Crippen LogP contribution in [0.3, 0.4) is 0 Å². The van der Waals surface area contributed by atoms with Gasteiger partial charge < -0.3 is 34.1 Å². The van der Waals surface area contributed by atoms with E-state index in [0.717, 1.165) is 29.3 Å². The monoisotopic (exact) mass is 688 g/mol. The van der Waals surface area contributed by atoms with E-state index in [-0.39, 0.29) is 60.3 Å². The molecular weight excluding hydrogens is 656 g/mol. The standard InChI is InChI=1S/C31H32F4N8O6/c1-4-21-26(40-9-10-41(16(2)13-40)28(46)25-22(44)15-49-39-25)29(47)43-30(37-27(38-43)18-7-11-48-12-8-18)42(21)14-23(45)36-20-6-5-19(31(33,34)35)24(32)17(20)3/h5-7,15-16,44H,4,8-14H2,1-3H3,(H,36,45)/t16-/m1/s1. The van der Waals surface area contributed by atoms with Gasteiger partial charge in [-0.15, -0.1) is 5.10 Å². The fourth-order valence-corrected chi connectivity index (χ4v) is 6.15. The summed E-state index contributed by atoms with van der Waals surface area (Å²) in [6.45, 7) is 5.55. The summed E-state index contributed by atoms with van der Waals surface area (Å²) in [6.07, 6.45) is -1.42. The third-order valence-electron chi connectivity index (χ3n) is 8.64. The predicted octanol–water partition coefficient (Wildman–Crippen LogP) is 3.41. The van der Waals surface area contributed by atoms with E-state index in [4.69, 9.17) is 9.26 Å². The number of hydrogen-bond donors (Lipinski definition) is 2. The minimum atomic E-state index is -4.91. The first-order chi connectivity index (χ1) is 23.3. The van der Waals surface area contributed by atoms with E-state index in [0.29, 0.717) is 31.4 Å². The van der Waals surface area contributed by atoms with Crippen LogP contribution in [-0.4, -0.2) is 85.0 Å². The van der Waals surface area contributed by atoms with E-state index in [1.807, 2.05) is 0 Å². The lowest BCUT2D eigenvalue weighted by Crippen LogP contribution is -2.55. The molecule has 4 aromatic rings. The molecule has 2 aliphatic rings. The van der Waals surface area contributed by atoms with Crippen LogP contribution in [0.4, 0.5) is 28.9 Å². The molecule has 1 atom stereocenters. The Morgan fingerprint density at radius 2 is 1.98 bits per heavy atom. The van der Waals surface area contributed by atoms with E-state index >= 15 is 0 Å². The highest BCUT2D eigenvalue weighted by atomic mass is 19.4. The number of aromatic nitrogens is 5. The van der Waals surface area contributed by atoms with E-state index in [1.54, 1.807) is 24.8 Å². The number of nitrogens with one attached hydrogen (secondary N) is 1. The van der Waals surface area contributed by atoms with Crippen LogP contribution in [-0.2, 0) is 28.7 Å². The molecule has 2 amide bonds. The molecule has 2 aliphatic heterocycles. The number of hydrogen-bond acceptors (Lipinski definition) is 10. The van der Waals surface area contributed by atoms with Gasteiger partial charge in [-0.2, -0.15) is 22.7 Å². The average molecular weight is 689 g/mol. The van der Waals surface area contributed by atoms with Crippen molar-refractivity contribution in [1.29, 1.82) is 0 Å². The van der Waals surface area contributed by atoms with Gasteiger partial charge in [0.15, 0.2) is 17.8 Å². The van der Waals surface area contributed by atoms with Crippen molar-refractivity contribution >= 4 is 34.5 Å².